The van der Waals surface area contributed by atoms with Crippen LogP contribution in [0.4, 0.5) is 0 Å². The first kappa shape index (κ1) is 22.2. The fourth-order valence-electron chi connectivity index (χ4n) is 1.31. The molecule has 0 saturated carbocycles. The molecule has 9 nitrogen and oxygen atoms in total. The van der Waals surface area contributed by atoms with Crippen molar-refractivity contribution in [3.8, 4) is 0 Å². The Labute approximate surface area is 133 Å². The van der Waals surface area contributed by atoms with E-state index in [1.807, 2.05) is 0 Å². The Balaban J connectivity index is 4.76. The van der Waals surface area contributed by atoms with Crippen LogP contribution in [0, 0.1) is 0 Å². The van der Waals surface area contributed by atoms with E-state index in [1.165, 1.54) is 0 Å². The smallest absolute Gasteiger partial charge is 0.267 e. The van der Waals surface area contributed by atoms with E-state index in [1.54, 1.807) is 0 Å². The number of hydrogen-bond donors (Lipinski definition) is 0. The van der Waals surface area contributed by atoms with Gasteiger partial charge in [-0.2, -0.15) is 25.3 Å². The minimum absolute atomic E-state index is 0.143. The van der Waals surface area contributed by atoms with E-state index in [9.17, 15) is 25.3 Å². The maximum atomic E-state index is 11.3. The molecule has 0 aromatic carbocycles. The fraction of sp³-hybridized carbons (Fsp3) is 1.00. The molecule has 134 valence electrons. The zero-order valence-corrected chi connectivity index (χ0v) is 15.9. The highest BCUT2D eigenvalue weighted by Gasteiger charge is 2.20. The Morgan fingerprint density at radius 1 is 0.591 bits per heavy atom. The molecule has 0 radical (unpaired) electrons. The monoisotopic (exact) mass is 400 g/mol. The van der Waals surface area contributed by atoms with Crippen molar-refractivity contribution in [2.24, 2.45) is 0 Å². The molecule has 0 N–H and O–H groups in total. The predicted molar refractivity (Wildman–Crippen MR) is 83.9 cm³/mol. The summed E-state index contributed by atoms with van der Waals surface area (Å²) in [4.78, 5) is 0. The topological polar surface area (TPSA) is 130 Å². The Kier molecular flexibility index (Phi) is 9.52. The molecule has 0 aliphatic heterocycles. The summed E-state index contributed by atoms with van der Waals surface area (Å²) in [6.07, 6.45) is 0.428. The van der Waals surface area contributed by atoms with Gasteiger partial charge in [-0.1, -0.05) is 0 Å². The van der Waals surface area contributed by atoms with Gasteiger partial charge in [-0.15, -0.1) is 7.92 Å². The van der Waals surface area contributed by atoms with Gasteiger partial charge >= 0.3 is 0 Å². The average Bonchev–Trinajstić information content (AvgIpc) is 2.46. The van der Waals surface area contributed by atoms with Crippen LogP contribution in [0.15, 0.2) is 0 Å². The van der Waals surface area contributed by atoms with Gasteiger partial charge in [0.1, 0.15) is 0 Å². The molecule has 0 heterocycles. The molecular weight excluding hydrogens is 379 g/mol. The third-order valence-electron chi connectivity index (χ3n) is 2.73. The summed E-state index contributed by atoms with van der Waals surface area (Å²) in [5.74, 6) is -0.889. The van der Waals surface area contributed by atoms with E-state index >= 15 is 0 Å². The standard InChI is InChI=1S/C9H21O9PS3/c1-16-20(10,11)7-4-19(5-8-21(12,13)17-2)6-9-22(14,15)18-3/h4-9H2,1-3H3. The lowest BCUT2D eigenvalue weighted by Crippen LogP contribution is -2.18. The van der Waals surface area contributed by atoms with E-state index in [-0.39, 0.29) is 35.7 Å². The van der Waals surface area contributed by atoms with E-state index in [0.717, 1.165) is 21.3 Å². The van der Waals surface area contributed by atoms with Crippen molar-refractivity contribution >= 4 is 38.3 Å². The molecule has 13 heteroatoms. The third-order valence-corrected chi connectivity index (χ3v) is 9.85. The Morgan fingerprint density at radius 2 is 0.818 bits per heavy atom. The summed E-state index contributed by atoms with van der Waals surface area (Å²) in [5, 5.41) is 0. The summed E-state index contributed by atoms with van der Waals surface area (Å²) in [6.45, 7) is 0. The maximum Gasteiger partial charge on any atom is 0.267 e. The molecule has 0 aromatic heterocycles. The molecule has 0 spiro atoms. The van der Waals surface area contributed by atoms with Gasteiger partial charge in [0, 0.05) is 0 Å². The summed E-state index contributed by atoms with van der Waals surface area (Å²) >= 11 is 0. The normalized spacial score (nSPS) is 13.6. The lowest BCUT2D eigenvalue weighted by Gasteiger charge is -2.17. The SMILES string of the molecule is COS(=O)(=O)CCP(CCS(=O)(=O)OC)CCS(=O)(=O)OC. The van der Waals surface area contributed by atoms with Gasteiger partial charge in [0.25, 0.3) is 30.4 Å². The first-order valence-corrected chi connectivity index (χ1v) is 12.7. The molecule has 0 amide bonds. The molecular formula is C9H21O9PS3. The van der Waals surface area contributed by atoms with Gasteiger partial charge < -0.3 is 0 Å². The van der Waals surface area contributed by atoms with E-state index in [0.29, 0.717) is 0 Å². The number of rotatable bonds is 12. The molecule has 0 aliphatic carbocycles. The zero-order chi connectivity index (χ0) is 17.4. The highest BCUT2D eigenvalue weighted by molar-refractivity contribution is 7.88. The second-order valence-electron chi connectivity index (χ2n) is 4.13. The van der Waals surface area contributed by atoms with Gasteiger partial charge in [-0.25, -0.2) is 0 Å². The molecule has 0 fully saturated rings. The molecule has 0 unspecified atom stereocenters. The van der Waals surface area contributed by atoms with E-state index in [2.05, 4.69) is 12.5 Å². The van der Waals surface area contributed by atoms with Crippen molar-refractivity contribution in [1.82, 2.24) is 0 Å². The second-order valence-corrected chi connectivity index (χ2v) is 12.4. The minimum atomic E-state index is -3.68. The van der Waals surface area contributed by atoms with Crippen molar-refractivity contribution < 1.29 is 37.8 Å². The molecule has 0 aromatic rings. The van der Waals surface area contributed by atoms with Crippen LogP contribution in [0.1, 0.15) is 0 Å². The molecule has 0 aliphatic rings. The van der Waals surface area contributed by atoms with Gasteiger partial charge in [-0.3, -0.25) is 12.5 Å². The van der Waals surface area contributed by atoms with Crippen LogP contribution in [0.25, 0.3) is 0 Å². The fourth-order valence-corrected chi connectivity index (χ4v) is 8.26. The molecule has 0 atom stereocenters. The van der Waals surface area contributed by atoms with Gasteiger partial charge in [0.15, 0.2) is 0 Å². The van der Waals surface area contributed by atoms with Crippen LogP contribution in [0.2, 0.25) is 0 Å². The summed E-state index contributed by atoms with van der Waals surface area (Å²) in [6, 6.07) is 0. The Bertz CT molecular complexity index is 533. The largest absolute Gasteiger partial charge is 0.273 e. The molecule has 22 heavy (non-hydrogen) atoms. The summed E-state index contributed by atoms with van der Waals surface area (Å²) in [7, 11) is -9.09. The van der Waals surface area contributed by atoms with Crippen molar-refractivity contribution in [2.45, 2.75) is 0 Å². The van der Waals surface area contributed by atoms with E-state index < -0.39 is 38.3 Å². The van der Waals surface area contributed by atoms with Gasteiger partial charge in [0.05, 0.1) is 38.6 Å². The van der Waals surface area contributed by atoms with Crippen LogP contribution >= 0.6 is 7.92 Å². The summed E-state index contributed by atoms with van der Waals surface area (Å²) < 4.78 is 80.9. The zero-order valence-electron chi connectivity index (χ0n) is 12.6. The second kappa shape index (κ2) is 9.45. The van der Waals surface area contributed by atoms with Gasteiger partial charge in [-0.05, 0) is 18.5 Å². The number of hydrogen-bond acceptors (Lipinski definition) is 9. The van der Waals surface area contributed by atoms with Gasteiger partial charge in [0.2, 0.25) is 0 Å². The first-order valence-electron chi connectivity index (χ1n) is 6.04. The lowest BCUT2D eigenvalue weighted by molar-refractivity contribution is 0.398. The predicted octanol–water partition coefficient (Wildman–Crippen LogP) is -0.603. The highest BCUT2D eigenvalue weighted by Crippen LogP contribution is 2.35. The molecule has 0 rings (SSSR count). The van der Waals surface area contributed by atoms with Crippen molar-refractivity contribution in [3.63, 3.8) is 0 Å². The lowest BCUT2D eigenvalue weighted by atomic mass is 10.9. The van der Waals surface area contributed by atoms with E-state index in [4.69, 9.17) is 0 Å². The Hall–Kier alpha value is 0.160. The van der Waals surface area contributed by atoms with Crippen LogP contribution < -0.4 is 0 Å². The van der Waals surface area contributed by atoms with Crippen molar-refractivity contribution in [1.29, 1.82) is 0 Å². The van der Waals surface area contributed by atoms with Crippen LogP contribution in [-0.2, 0) is 42.9 Å². The van der Waals surface area contributed by atoms with Crippen LogP contribution in [-0.4, -0.2) is 82.3 Å². The highest BCUT2D eigenvalue weighted by atomic mass is 32.2. The third kappa shape index (κ3) is 10.0. The first-order chi connectivity index (χ1) is 9.97. The van der Waals surface area contributed by atoms with Crippen LogP contribution in [0.3, 0.4) is 0 Å². The maximum absolute atomic E-state index is 11.3. The quantitative estimate of drug-likeness (QED) is 0.311. The molecule has 0 saturated heterocycles. The van der Waals surface area contributed by atoms with Crippen molar-refractivity contribution in [2.75, 3.05) is 57.1 Å². The Morgan fingerprint density at radius 3 is 1.00 bits per heavy atom. The summed E-state index contributed by atoms with van der Waals surface area (Å²) in [5.41, 5.74) is 0. The molecule has 0 bridgehead atoms. The average molecular weight is 400 g/mol. The van der Waals surface area contributed by atoms with Crippen LogP contribution in [0.5, 0.6) is 0 Å². The van der Waals surface area contributed by atoms with Crippen molar-refractivity contribution in [3.05, 3.63) is 0 Å². The minimum Gasteiger partial charge on any atom is -0.273 e.